The van der Waals surface area contributed by atoms with E-state index in [1.54, 1.807) is 6.20 Å². The topological polar surface area (TPSA) is 30.0 Å². The molecule has 0 fully saturated rings. The van der Waals surface area contributed by atoms with Crippen LogP contribution in [0.4, 0.5) is 0 Å². The lowest BCUT2D eigenvalue weighted by Crippen LogP contribution is -2.02. The van der Waals surface area contributed by atoms with Crippen molar-refractivity contribution in [1.82, 2.24) is 4.98 Å². The smallest absolute Gasteiger partial charge is 0.194 e. The molecule has 1 heterocycles. The van der Waals surface area contributed by atoms with Gasteiger partial charge in [0.05, 0.1) is 0 Å². The van der Waals surface area contributed by atoms with E-state index in [4.69, 9.17) is 0 Å². The SMILES string of the molecule is CC(C)c1ccc(C(=O)c2ccccc2)cn1. The van der Waals surface area contributed by atoms with E-state index >= 15 is 0 Å². The highest BCUT2D eigenvalue weighted by molar-refractivity contribution is 6.08. The summed E-state index contributed by atoms with van der Waals surface area (Å²) in [5.74, 6) is 0.407. The van der Waals surface area contributed by atoms with Crippen LogP contribution >= 0.6 is 0 Å². The maximum Gasteiger partial charge on any atom is 0.194 e. The number of pyridine rings is 1. The minimum absolute atomic E-state index is 0.0217. The Morgan fingerprint density at radius 3 is 2.24 bits per heavy atom. The van der Waals surface area contributed by atoms with Gasteiger partial charge in [0.25, 0.3) is 0 Å². The second-order valence-corrected chi connectivity index (χ2v) is 4.32. The number of nitrogens with zero attached hydrogens (tertiary/aromatic N) is 1. The Morgan fingerprint density at radius 1 is 1.00 bits per heavy atom. The molecular formula is C15H15NO. The second-order valence-electron chi connectivity index (χ2n) is 4.32. The van der Waals surface area contributed by atoms with Crippen molar-refractivity contribution in [3.05, 3.63) is 65.5 Å². The largest absolute Gasteiger partial charge is 0.289 e. The van der Waals surface area contributed by atoms with Crippen LogP contribution in [-0.2, 0) is 0 Å². The minimum atomic E-state index is 0.0217. The fourth-order valence-corrected chi connectivity index (χ4v) is 1.64. The quantitative estimate of drug-likeness (QED) is 0.749. The van der Waals surface area contributed by atoms with Crippen molar-refractivity contribution in [3.8, 4) is 0 Å². The van der Waals surface area contributed by atoms with Crippen LogP contribution in [0.15, 0.2) is 48.7 Å². The van der Waals surface area contributed by atoms with E-state index in [0.717, 1.165) is 5.69 Å². The minimum Gasteiger partial charge on any atom is -0.289 e. The zero-order valence-electron chi connectivity index (χ0n) is 10.1. The molecule has 0 atom stereocenters. The lowest BCUT2D eigenvalue weighted by Gasteiger charge is -2.05. The van der Waals surface area contributed by atoms with Crippen LogP contribution in [0.1, 0.15) is 41.4 Å². The molecule has 0 N–H and O–H groups in total. The monoisotopic (exact) mass is 225 g/mol. The molecule has 0 aliphatic carbocycles. The Labute approximate surface area is 101 Å². The van der Waals surface area contributed by atoms with Gasteiger partial charge in [-0.05, 0) is 18.1 Å². The van der Waals surface area contributed by atoms with Crippen LogP contribution in [0.3, 0.4) is 0 Å². The number of ketones is 1. The Kier molecular flexibility index (Phi) is 3.33. The Balaban J connectivity index is 2.27. The van der Waals surface area contributed by atoms with E-state index < -0.39 is 0 Å². The molecule has 0 saturated heterocycles. The molecule has 0 spiro atoms. The first-order valence-electron chi connectivity index (χ1n) is 5.74. The highest BCUT2D eigenvalue weighted by atomic mass is 16.1. The van der Waals surface area contributed by atoms with Crippen LogP contribution in [0.2, 0.25) is 0 Å². The fraction of sp³-hybridized carbons (Fsp3) is 0.200. The van der Waals surface area contributed by atoms with Crippen LogP contribution in [0.25, 0.3) is 0 Å². The third-order valence-corrected chi connectivity index (χ3v) is 2.68. The van der Waals surface area contributed by atoms with Crippen LogP contribution in [-0.4, -0.2) is 10.8 Å². The van der Waals surface area contributed by atoms with Crippen LogP contribution in [0.5, 0.6) is 0 Å². The summed E-state index contributed by atoms with van der Waals surface area (Å²) in [6.07, 6.45) is 1.66. The summed E-state index contributed by atoms with van der Waals surface area (Å²) in [5, 5.41) is 0. The summed E-state index contributed by atoms with van der Waals surface area (Å²) in [6.45, 7) is 4.17. The van der Waals surface area contributed by atoms with Gasteiger partial charge in [-0.3, -0.25) is 9.78 Å². The van der Waals surface area contributed by atoms with Crippen molar-refractivity contribution < 1.29 is 4.79 Å². The molecule has 2 nitrogen and oxygen atoms in total. The highest BCUT2D eigenvalue weighted by Crippen LogP contribution is 2.13. The molecular weight excluding hydrogens is 210 g/mol. The number of carbonyl (C=O) groups is 1. The molecule has 86 valence electrons. The Bertz CT molecular complexity index is 500. The summed E-state index contributed by atoms with van der Waals surface area (Å²) >= 11 is 0. The van der Waals surface area contributed by atoms with Crippen molar-refractivity contribution in [3.63, 3.8) is 0 Å². The highest BCUT2D eigenvalue weighted by Gasteiger charge is 2.09. The summed E-state index contributed by atoms with van der Waals surface area (Å²) in [6, 6.07) is 13.0. The molecule has 0 aliphatic rings. The van der Waals surface area contributed by atoms with Gasteiger partial charge in [0, 0.05) is 23.0 Å². The lowest BCUT2D eigenvalue weighted by molar-refractivity contribution is 0.103. The second kappa shape index (κ2) is 4.91. The van der Waals surface area contributed by atoms with Gasteiger partial charge >= 0.3 is 0 Å². The fourth-order valence-electron chi connectivity index (χ4n) is 1.64. The zero-order chi connectivity index (χ0) is 12.3. The lowest BCUT2D eigenvalue weighted by atomic mass is 10.0. The predicted molar refractivity (Wildman–Crippen MR) is 68.2 cm³/mol. The van der Waals surface area contributed by atoms with Gasteiger partial charge in [0.1, 0.15) is 0 Å². The third-order valence-electron chi connectivity index (χ3n) is 2.68. The van der Waals surface area contributed by atoms with E-state index in [1.807, 2.05) is 42.5 Å². The van der Waals surface area contributed by atoms with Gasteiger partial charge in [-0.15, -0.1) is 0 Å². The van der Waals surface area contributed by atoms with Crippen molar-refractivity contribution in [2.24, 2.45) is 0 Å². The molecule has 0 aliphatic heterocycles. The van der Waals surface area contributed by atoms with Crippen LogP contribution in [0, 0.1) is 0 Å². The van der Waals surface area contributed by atoms with Crippen molar-refractivity contribution in [1.29, 1.82) is 0 Å². The number of benzene rings is 1. The molecule has 0 radical (unpaired) electrons. The molecule has 0 unspecified atom stereocenters. The van der Waals surface area contributed by atoms with Crippen molar-refractivity contribution in [2.75, 3.05) is 0 Å². The van der Waals surface area contributed by atoms with Gasteiger partial charge < -0.3 is 0 Å². The first-order chi connectivity index (χ1) is 8.18. The number of hydrogen-bond donors (Lipinski definition) is 0. The maximum atomic E-state index is 12.1. The molecule has 0 saturated carbocycles. The summed E-state index contributed by atoms with van der Waals surface area (Å²) in [5.41, 5.74) is 2.35. The predicted octanol–water partition coefficient (Wildman–Crippen LogP) is 3.44. The first-order valence-corrected chi connectivity index (χ1v) is 5.74. The number of hydrogen-bond acceptors (Lipinski definition) is 2. The van der Waals surface area contributed by atoms with Gasteiger partial charge in [0.2, 0.25) is 0 Å². The average molecular weight is 225 g/mol. The molecule has 2 aromatic rings. The van der Waals surface area contributed by atoms with Gasteiger partial charge in [-0.1, -0.05) is 44.2 Å². The molecule has 0 amide bonds. The molecule has 2 heteroatoms. The summed E-state index contributed by atoms with van der Waals surface area (Å²) in [7, 11) is 0. The average Bonchev–Trinajstić information content (AvgIpc) is 2.39. The van der Waals surface area contributed by atoms with E-state index in [1.165, 1.54) is 0 Å². The number of rotatable bonds is 3. The first kappa shape index (κ1) is 11.5. The van der Waals surface area contributed by atoms with Crippen molar-refractivity contribution >= 4 is 5.78 Å². The van der Waals surface area contributed by atoms with E-state index in [0.29, 0.717) is 17.0 Å². The van der Waals surface area contributed by atoms with Gasteiger partial charge in [0.15, 0.2) is 5.78 Å². The molecule has 17 heavy (non-hydrogen) atoms. The van der Waals surface area contributed by atoms with E-state index in [9.17, 15) is 4.79 Å². The molecule has 2 rings (SSSR count). The molecule has 1 aromatic heterocycles. The van der Waals surface area contributed by atoms with Gasteiger partial charge in [-0.2, -0.15) is 0 Å². The number of aromatic nitrogens is 1. The normalized spacial score (nSPS) is 10.5. The Morgan fingerprint density at radius 2 is 1.71 bits per heavy atom. The summed E-state index contributed by atoms with van der Waals surface area (Å²) in [4.78, 5) is 16.4. The zero-order valence-corrected chi connectivity index (χ0v) is 10.1. The molecule has 0 bridgehead atoms. The number of carbonyl (C=O) groups excluding carboxylic acids is 1. The Hall–Kier alpha value is -1.96. The third kappa shape index (κ3) is 2.59. The maximum absolute atomic E-state index is 12.1. The van der Waals surface area contributed by atoms with Gasteiger partial charge in [-0.25, -0.2) is 0 Å². The van der Waals surface area contributed by atoms with E-state index in [2.05, 4.69) is 18.8 Å². The molecule has 1 aromatic carbocycles. The van der Waals surface area contributed by atoms with Crippen molar-refractivity contribution in [2.45, 2.75) is 19.8 Å². The summed E-state index contributed by atoms with van der Waals surface area (Å²) < 4.78 is 0. The van der Waals surface area contributed by atoms with Crippen LogP contribution < -0.4 is 0 Å². The standard InChI is InChI=1S/C15H15NO/c1-11(2)14-9-8-13(10-16-14)15(17)12-6-4-3-5-7-12/h3-11H,1-2H3. The van der Waals surface area contributed by atoms with E-state index in [-0.39, 0.29) is 5.78 Å².